The predicted molar refractivity (Wildman–Crippen MR) is 242 cm³/mol. The first-order chi connectivity index (χ1) is 27.4. The van der Waals surface area contributed by atoms with E-state index in [0.717, 1.165) is 67.5 Å². The summed E-state index contributed by atoms with van der Waals surface area (Å²) in [5.41, 5.74) is 11.4. The van der Waals surface area contributed by atoms with Gasteiger partial charge in [-0.1, -0.05) is 149 Å². The number of piperidine rings is 1. The van der Waals surface area contributed by atoms with Crippen molar-refractivity contribution in [3.63, 3.8) is 0 Å². The lowest BCUT2D eigenvalue weighted by atomic mass is 10.1. The number of thiazole rings is 1. The molecule has 2 aliphatic rings. The number of Topliss-reactive ketones (excluding diaryl/α,β-unsaturated/α-hetero) is 1. The number of fused-ring (bicyclic) bond motifs is 3. The highest BCUT2D eigenvalue weighted by molar-refractivity contribution is 9.10. The van der Waals surface area contributed by atoms with E-state index < -0.39 is 0 Å². The molecule has 0 saturated carbocycles. The molecule has 10 heteroatoms. The SMILES string of the molecule is NC(=S)Nc1cccc2ccccc12.O=C1CN(Cc2ccccc2)CCC1Br.c1ccc(CN2CCc3sc(Nc4cccc5ccccc45)nc3C2)cc1. The molecule has 7 aromatic rings. The molecule has 7 nitrogen and oxygen atoms in total. The molecule has 9 rings (SSSR count). The lowest BCUT2D eigenvalue weighted by molar-refractivity contribution is -0.121. The molecule has 1 atom stereocenters. The Kier molecular flexibility index (Phi) is 13.5. The number of halogens is 1. The van der Waals surface area contributed by atoms with Gasteiger partial charge in [0.25, 0.3) is 0 Å². The number of nitrogens with one attached hydrogen (secondary N) is 2. The van der Waals surface area contributed by atoms with Crippen molar-refractivity contribution >= 4 is 88.4 Å². The number of nitrogens with two attached hydrogens (primary N) is 1. The van der Waals surface area contributed by atoms with Crippen molar-refractivity contribution in [2.75, 3.05) is 30.3 Å². The van der Waals surface area contributed by atoms with Crippen molar-refractivity contribution in [1.82, 2.24) is 14.8 Å². The third kappa shape index (κ3) is 10.7. The number of aromatic nitrogens is 1. The molecule has 0 radical (unpaired) electrons. The third-order valence-electron chi connectivity index (χ3n) is 9.81. The highest BCUT2D eigenvalue weighted by atomic mass is 79.9. The Balaban J connectivity index is 0.000000141. The smallest absolute Gasteiger partial charge is 0.187 e. The molecular formula is C46H45BrN6OS2. The van der Waals surface area contributed by atoms with Crippen LogP contribution < -0.4 is 16.4 Å². The van der Waals surface area contributed by atoms with E-state index in [-0.39, 0.29) is 4.83 Å². The van der Waals surface area contributed by atoms with Crippen molar-refractivity contribution in [2.45, 2.75) is 37.3 Å². The van der Waals surface area contributed by atoms with E-state index in [0.29, 0.717) is 17.4 Å². The van der Waals surface area contributed by atoms with Gasteiger partial charge < -0.3 is 16.4 Å². The molecule has 1 aromatic heterocycles. The minimum atomic E-state index is 0.0736. The van der Waals surface area contributed by atoms with Gasteiger partial charge in [0.1, 0.15) is 0 Å². The fraction of sp³-hybridized carbons (Fsp3) is 0.196. The Labute approximate surface area is 346 Å². The standard InChI is InChI=1S/C23H21N3S.C12H14BrNO.C11H10N2S/c1-2-7-17(8-3-1)15-26-14-13-22-21(16-26)25-23(27-22)24-20-12-6-10-18-9-4-5-11-19(18)20;13-11-6-7-14(9-12(11)15)8-10-4-2-1-3-5-10;12-11(14)13-10-7-3-5-8-4-1-2-6-9(8)10/h1-12H,13-16H2,(H,24,25);1-5,11H,6-9H2;1-7H,(H3,12,13,14). The maximum absolute atomic E-state index is 11.5. The number of carbonyl (C=O) groups excluding carboxylic acids is 1. The zero-order chi connectivity index (χ0) is 38.7. The molecule has 0 amide bonds. The summed E-state index contributed by atoms with van der Waals surface area (Å²) in [6, 6.07) is 49.9. The van der Waals surface area contributed by atoms with Gasteiger partial charge in [0.15, 0.2) is 16.0 Å². The predicted octanol–water partition coefficient (Wildman–Crippen LogP) is 10.3. The number of benzene rings is 6. The van der Waals surface area contributed by atoms with Crippen LogP contribution in [0.25, 0.3) is 21.5 Å². The first-order valence-electron chi connectivity index (χ1n) is 18.8. The number of likely N-dealkylation sites (tertiary alicyclic amines) is 1. The third-order valence-corrected chi connectivity index (χ3v) is 12.0. The number of ketones is 1. The average Bonchev–Trinajstić information content (AvgIpc) is 3.62. The van der Waals surface area contributed by atoms with E-state index in [1.54, 1.807) is 11.3 Å². The van der Waals surface area contributed by atoms with Crippen molar-refractivity contribution < 1.29 is 4.79 Å². The largest absolute Gasteiger partial charge is 0.376 e. The molecule has 0 bridgehead atoms. The Morgan fingerprint density at radius 2 is 1.25 bits per heavy atom. The van der Waals surface area contributed by atoms with E-state index >= 15 is 0 Å². The summed E-state index contributed by atoms with van der Waals surface area (Å²) in [6.45, 7) is 5.47. The number of alkyl halides is 1. The van der Waals surface area contributed by atoms with Crippen LogP contribution in [0.3, 0.4) is 0 Å². The van der Waals surface area contributed by atoms with E-state index in [1.165, 1.54) is 37.9 Å². The molecule has 56 heavy (non-hydrogen) atoms. The molecule has 1 fully saturated rings. The molecule has 0 spiro atoms. The number of hydrogen-bond acceptors (Lipinski definition) is 7. The molecular weight excluding hydrogens is 797 g/mol. The van der Waals surface area contributed by atoms with Gasteiger partial charge in [-0.3, -0.25) is 14.6 Å². The van der Waals surface area contributed by atoms with Crippen LogP contribution >= 0.6 is 39.5 Å². The quantitative estimate of drug-likeness (QED) is 0.108. The van der Waals surface area contributed by atoms with Crippen LogP contribution in [0.2, 0.25) is 0 Å². The van der Waals surface area contributed by atoms with E-state index in [1.807, 2.05) is 48.5 Å². The molecule has 6 aromatic carbocycles. The Bertz CT molecular complexity index is 2380. The summed E-state index contributed by atoms with van der Waals surface area (Å²) in [4.78, 5) is 22.6. The van der Waals surface area contributed by atoms with Crippen LogP contribution in [0.1, 0.15) is 28.1 Å². The molecule has 4 N–H and O–H groups in total. The number of anilines is 3. The fourth-order valence-corrected chi connectivity index (χ4v) is 8.46. The minimum absolute atomic E-state index is 0.0736. The molecule has 1 saturated heterocycles. The number of hydrogen-bond donors (Lipinski definition) is 3. The van der Waals surface area contributed by atoms with Gasteiger partial charge in [-0.15, -0.1) is 11.3 Å². The van der Waals surface area contributed by atoms with Gasteiger partial charge in [-0.25, -0.2) is 4.98 Å². The van der Waals surface area contributed by atoms with Crippen LogP contribution in [0.4, 0.5) is 16.5 Å². The van der Waals surface area contributed by atoms with Crippen LogP contribution in [-0.4, -0.2) is 50.1 Å². The number of nitrogens with zero attached hydrogens (tertiary/aromatic N) is 3. The van der Waals surface area contributed by atoms with Gasteiger partial charge in [-0.2, -0.15) is 0 Å². The molecule has 3 heterocycles. The van der Waals surface area contributed by atoms with Crippen molar-refractivity contribution in [2.24, 2.45) is 5.73 Å². The average molecular weight is 842 g/mol. The van der Waals surface area contributed by atoms with Crippen molar-refractivity contribution in [3.8, 4) is 0 Å². The Morgan fingerprint density at radius 3 is 1.86 bits per heavy atom. The van der Waals surface area contributed by atoms with E-state index in [2.05, 4.69) is 133 Å². The Morgan fingerprint density at radius 1 is 0.714 bits per heavy atom. The fourth-order valence-electron chi connectivity index (χ4n) is 7.03. The molecule has 0 aliphatic carbocycles. The van der Waals surface area contributed by atoms with Crippen LogP contribution in [0.15, 0.2) is 146 Å². The van der Waals surface area contributed by atoms with Gasteiger partial charge in [0.05, 0.1) is 17.1 Å². The van der Waals surface area contributed by atoms with Gasteiger partial charge in [0, 0.05) is 59.7 Å². The summed E-state index contributed by atoms with van der Waals surface area (Å²) < 4.78 is 0. The van der Waals surface area contributed by atoms with Crippen molar-refractivity contribution in [1.29, 1.82) is 0 Å². The molecule has 2 aliphatic heterocycles. The molecule has 1 unspecified atom stereocenters. The van der Waals surface area contributed by atoms with Crippen LogP contribution in [0, 0.1) is 0 Å². The zero-order valence-electron chi connectivity index (χ0n) is 31.1. The number of thiocarbonyl (C=S) groups is 1. The summed E-state index contributed by atoms with van der Waals surface area (Å²) >= 11 is 10.00. The monoisotopic (exact) mass is 840 g/mol. The van der Waals surface area contributed by atoms with Gasteiger partial charge >= 0.3 is 0 Å². The maximum Gasteiger partial charge on any atom is 0.187 e. The highest BCUT2D eigenvalue weighted by Crippen LogP contribution is 2.33. The van der Waals surface area contributed by atoms with Gasteiger partial charge in [0.2, 0.25) is 0 Å². The summed E-state index contributed by atoms with van der Waals surface area (Å²) in [7, 11) is 0. The maximum atomic E-state index is 11.5. The zero-order valence-corrected chi connectivity index (χ0v) is 34.3. The summed E-state index contributed by atoms with van der Waals surface area (Å²) in [5.74, 6) is 0.303. The second-order valence-electron chi connectivity index (χ2n) is 13.9. The summed E-state index contributed by atoms with van der Waals surface area (Å²) in [6.07, 6.45) is 2.00. The first kappa shape index (κ1) is 39.3. The Hall–Kier alpha value is -4.97. The topological polar surface area (TPSA) is 86.5 Å². The number of rotatable bonds is 7. The van der Waals surface area contributed by atoms with Gasteiger partial charge in [-0.05, 0) is 59.1 Å². The normalized spacial score (nSPS) is 15.5. The first-order valence-corrected chi connectivity index (χ1v) is 21.0. The van der Waals surface area contributed by atoms with E-state index in [4.69, 9.17) is 22.9 Å². The van der Waals surface area contributed by atoms with Crippen LogP contribution in [0.5, 0.6) is 0 Å². The minimum Gasteiger partial charge on any atom is -0.376 e. The highest BCUT2D eigenvalue weighted by Gasteiger charge is 2.24. The van der Waals surface area contributed by atoms with Crippen LogP contribution in [-0.2, 0) is 30.8 Å². The lowest BCUT2D eigenvalue weighted by Gasteiger charge is -2.28. The lowest BCUT2D eigenvalue weighted by Crippen LogP contribution is -2.40. The van der Waals surface area contributed by atoms with Crippen molar-refractivity contribution in [3.05, 3.63) is 167 Å². The second-order valence-corrected chi connectivity index (χ2v) is 16.6. The second kappa shape index (κ2) is 19.3. The van der Waals surface area contributed by atoms with E-state index in [9.17, 15) is 4.79 Å². The molecule has 284 valence electrons. The number of carbonyl (C=O) groups is 1. The summed E-state index contributed by atoms with van der Waals surface area (Å²) in [5, 5.41) is 12.6.